The van der Waals surface area contributed by atoms with E-state index in [0.29, 0.717) is 12.6 Å². The molecule has 1 aliphatic carbocycles. The molecule has 1 heterocycles. The standard InChI is InChI=1S/C20H30N4O2S/c1-21-20(23-15-7-5-8-16(13-15)27-2)22-11-6-12-24-17-9-3-4-10-18(17)26-14-19(24)25/h3-4,9-10,15-16H,5-8,11-14H2,1-2H3,(H2,21,22,23). The molecular weight excluding hydrogens is 360 g/mol. The van der Waals surface area contributed by atoms with E-state index in [9.17, 15) is 4.79 Å². The maximum absolute atomic E-state index is 12.2. The Kier molecular flexibility index (Phi) is 7.26. The second-order valence-corrected chi connectivity index (χ2v) is 8.16. The van der Waals surface area contributed by atoms with Crippen molar-refractivity contribution in [2.75, 3.05) is 37.9 Å². The van der Waals surface area contributed by atoms with Crippen molar-refractivity contribution in [3.63, 3.8) is 0 Å². The predicted molar refractivity (Wildman–Crippen MR) is 113 cm³/mol. The average molecular weight is 391 g/mol. The molecule has 1 fully saturated rings. The minimum Gasteiger partial charge on any atom is -0.482 e. The lowest BCUT2D eigenvalue weighted by atomic mass is 9.95. The van der Waals surface area contributed by atoms with Crippen LogP contribution in [0.25, 0.3) is 0 Å². The molecule has 1 amide bonds. The van der Waals surface area contributed by atoms with Crippen LogP contribution in [0.15, 0.2) is 29.3 Å². The fourth-order valence-corrected chi connectivity index (χ4v) is 4.55. The van der Waals surface area contributed by atoms with Crippen LogP contribution in [0.1, 0.15) is 32.1 Å². The number of carbonyl (C=O) groups excluding carboxylic acids is 1. The zero-order valence-corrected chi connectivity index (χ0v) is 17.1. The number of thioether (sulfide) groups is 1. The molecule has 2 aliphatic rings. The fraction of sp³-hybridized carbons (Fsp3) is 0.600. The van der Waals surface area contributed by atoms with E-state index in [1.54, 1.807) is 0 Å². The molecule has 1 aliphatic heterocycles. The lowest BCUT2D eigenvalue weighted by Crippen LogP contribution is -2.46. The molecule has 7 heteroatoms. The third-order valence-corrected chi connectivity index (χ3v) is 6.28. The maximum Gasteiger partial charge on any atom is 0.265 e. The van der Waals surface area contributed by atoms with E-state index in [4.69, 9.17) is 4.74 Å². The Morgan fingerprint density at radius 1 is 1.37 bits per heavy atom. The van der Waals surface area contributed by atoms with E-state index in [-0.39, 0.29) is 12.5 Å². The molecule has 1 aromatic rings. The van der Waals surface area contributed by atoms with Crippen LogP contribution in [0.4, 0.5) is 5.69 Å². The highest BCUT2D eigenvalue weighted by atomic mass is 32.2. The van der Waals surface area contributed by atoms with Crippen LogP contribution in [0.3, 0.4) is 0 Å². The van der Waals surface area contributed by atoms with Crippen LogP contribution >= 0.6 is 11.8 Å². The summed E-state index contributed by atoms with van der Waals surface area (Å²) in [6.07, 6.45) is 8.04. The van der Waals surface area contributed by atoms with Gasteiger partial charge in [0.05, 0.1) is 5.69 Å². The SMILES string of the molecule is CN=C(NCCCN1C(=O)COc2ccccc21)NC1CCCC(SC)C1. The Morgan fingerprint density at radius 2 is 2.22 bits per heavy atom. The predicted octanol–water partition coefficient (Wildman–Crippen LogP) is 2.64. The van der Waals surface area contributed by atoms with E-state index in [1.807, 2.05) is 48.0 Å². The first-order valence-electron chi connectivity index (χ1n) is 9.73. The lowest BCUT2D eigenvalue weighted by Gasteiger charge is -2.30. The summed E-state index contributed by atoms with van der Waals surface area (Å²) in [5.74, 6) is 1.65. The number of guanidine groups is 1. The molecule has 0 bridgehead atoms. The van der Waals surface area contributed by atoms with Gasteiger partial charge in [-0.3, -0.25) is 9.79 Å². The Hall–Kier alpha value is -1.89. The van der Waals surface area contributed by atoms with Gasteiger partial charge < -0.3 is 20.3 Å². The number of nitrogens with one attached hydrogen (secondary N) is 2. The number of para-hydroxylation sites is 2. The van der Waals surface area contributed by atoms with E-state index in [1.165, 1.54) is 25.7 Å². The minimum absolute atomic E-state index is 0.0153. The molecule has 2 atom stereocenters. The van der Waals surface area contributed by atoms with Crippen molar-refractivity contribution in [2.45, 2.75) is 43.4 Å². The van der Waals surface area contributed by atoms with Crippen molar-refractivity contribution in [1.82, 2.24) is 10.6 Å². The average Bonchev–Trinajstić information content (AvgIpc) is 2.71. The van der Waals surface area contributed by atoms with E-state index < -0.39 is 0 Å². The number of fused-ring (bicyclic) bond motifs is 1. The summed E-state index contributed by atoms with van der Waals surface area (Å²) in [6.45, 7) is 1.55. The van der Waals surface area contributed by atoms with Gasteiger partial charge in [0.25, 0.3) is 5.91 Å². The number of nitrogens with zero attached hydrogens (tertiary/aromatic N) is 2. The summed E-state index contributed by atoms with van der Waals surface area (Å²) in [6, 6.07) is 8.20. The highest BCUT2D eigenvalue weighted by Gasteiger charge is 2.25. The number of aliphatic imine (C=N–C) groups is 1. The number of amides is 1. The highest BCUT2D eigenvalue weighted by Crippen LogP contribution is 2.31. The van der Waals surface area contributed by atoms with E-state index in [2.05, 4.69) is 21.9 Å². The maximum atomic E-state index is 12.2. The molecule has 148 valence electrons. The summed E-state index contributed by atoms with van der Waals surface area (Å²) < 4.78 is 5.49. The van der Waals surface area contributed by atoms with Gasteiger partial charge in [-0.2, -0.15) is 11.8 Å². The Morgan fingerprint density at radius 3 is 3.04 bits per heavy atom. The summed E-state index contributed by atoms with van der Waals surface area (Å²) in [4.78, 5) is 18.4. The van der Waals surface area contributed by atoms with Gasteiger partial charge in [0.2, 0.25) is 0 Å². The number of hydrogen-bond acceptors (Lipinski definition) is 4. The van der Waals surface area contributed by atoms with Gasteiger partial charge in [-0.1, -0.05) is 18.6 Å². The van der Waals surface area contributed by atoms with E-state index >= 15 is 0 Å². The summed E-state index contributed by atoms with van der Waals surface area (Å²) >= 11 is 1.97. The third kappa shape index (κ3) is 5.31. The van der Waals surface area contributed by atoms with Crippen LogP contribution in [0, 0.1) is 0 Å². The van der Waals surface area contributed by atoms with Crippen molar-refractivity contribution < 1.29 is 9.53 Å². The van der Waals surface area contributed by atoms with Gasteiger partial charge in [0.1, 0.15) is 5.75 Å². The van der Waals surface area contributed by atoms with Crippen LogP contribution in [0.2, 0.25) is 0 Å². The molecule has 27 heavy (non-hydrogen) atoms. The number of ether oxygens (including phenoxy) is 1. The number of rotatable bonds is 6. The quantitative estimate of drug-likeness (QED) is 0.444. The summed E-state index contributed by atoms with van der Waals surface area (Å²) in [7, 11) is 1.81. The van der Waals surface area contributed by atoms with Crippen molar-refractivity contribution in [1.29, 1.82) is 0 Å². The number of benzene rings is 1. The highest BCUT2D eigenvalue weighted by molar-refractivity contribution is 7.99. The van der Waals surface area contributed by atoms with Crippen LogP contribution in [-0.2, 0) is 4.79 Å². The zero-order valence-electron chi connectivity index (χ0n) is 16.2. The first-order valence-corrected chi connectivity index (χ1v) is 11.0. The molecule has 1 saturated carbocycles. The van der Waals surface area contributed by atoms with Crippen molar-refractivity contribution in [2.24, 2.45) is 4.99 Å². The lowest BCUT2D eigenvalue weighted by molar-refractivity contribution is -0.121. The zero-order chi connectivity index (χ0) is 19.1. The second kappa shape index (κ2) is 9.88. The first kappa shape index (κ1) is 19.9. The molecule has 6 nitrogen and oxygen atoms in total. The first-order chi connectivity index (χ1) is 13.2. The van der Waals surface area contributed by atoms with Gasteiger partial charge in [-0.15, -0.1) is 0 Å². The molecular formula is C20H30N4O2S. The van der Waals surface area contributed by atoms with Crippen LogP contribution in [-0.4, -0.2) is 56.2 Å². The molecule has 2 unspecified atom stereocenters. The minimum atomic E-state index is 0.0153. The third-order valence-electron chi connectivity index (χ3n) is 5.18. The number of anilines is 1. The topological polar surface area (TPSA) is 66.0 Å². The van der Waals surface area contributed by atoms with Gasteiger partial charge in [0.15, 0.2) is 12.6 Å². The van der Waals surface area contributed by atoms with Gasteiger partial charge >= 0.3 is 0 Å². The van der Waals surface area contributed by atoms with Crippen LogP contribution < -0.4 is 20.3 Å². The van der Waals surface area contributed by atoms with Gasteiger partial charge in [0, 0.05) is 31.4 Å². The summed E-state index contributed by atoms with van der Waals surface area (Å²) in [5.41, 5.74) is 0.863. The second-order valence-electron chi connectivity index (χ2n) is 7.02. The molecule has 3 rings (SSSR count). The monoisotopic (exact) mass is 390 g/mol. The number of hydrogen-bond donors (Lipinski definition) is 2. The van der Waals surface area contributed by atoms with Gasteiger partial charge in [-0.05, 0) is 44.1 Å². The van der Waals surface area contributed by atoms with Crippen molar-refractivity contribution in [3.05, 3.63) is 24.3 Å². The molecule has 0 saturated heterocycles. The normalized spacial score (nSPS) is 22.8. The number of carbonyl (C=O) groups is 1. The Bertz CT molecular complexity index is 667. The van der Waals surface area contributed by atoms with Crippen LogP contribution in [0.5, 0.6) is 5.75 Å². The Balaban J connectivity index is 1.44. The largest absolute Gasteiger partial charge is 0.482 e. The van der Waals surface area contributed by atoms with E-state index in [0.717, 1.165) is 35.6 Å². The van der Waals surface area contributed by atoms with Crippen molar-refractivity contribution >= 4 is 29.3 Å². The molecule has 0 spiro atoms. The molecule has 0 aromatic heterocycles. The van der Waals surface area contributed by atoms with Gasteiger partial charge in [-0.25, -0.2) is 0 Å². The molecule has 2 N–H and O–H groups in total. The fourth-order valence-electron chi connectivity index (χ4n) is 3.72. The Labute approximate surface area is 166 Å². The molecule has 1 aromatic carbocycles. The molecule has 0 radical (unpaired) electrons. The van der Waals surface area contributed by atoms with Crippen molar-refractivity contribution in [3.8, 4) is 5.75 Å². The smallest absolute Gasteiger partial charge is 0.265 e. The summed E-state index contributed by atoms with van der Waals surface area (Å²) in [5, 5.41) is 7.70.